The summed E-state index contributed by atoms with van der Waals surface area (Å²) >= 11 is 1.89. The van der Waals surface area contributed by atoms with Gasteiger partial charge >= 0.3 is 0 Å². The number of unbranched alkanes of at least 4 members (excludes halogenated alkanes) is 1. The van der Waals surface area contributed by atoms with Crippen LogP contribution in [0.25, 0.3) is 0 Å². The minimum Gasteiger partial charge on any atom is -0.309 e. The number of rotatable bonds is 8. The molecule has 0 aliphatic rings. The smallest absolute Gasteiger partial charge is 0.0292 e. The molecule has 17 heavy (non-hydrogen) atoms. The molecule has 0 heterocycles. The fourth-order valence-electron chi connectivity index (χ4n) is 1.85. The van der Waals surface area contributed by atoms with Gasteiger partial charge in [0.05, 0.1) is 0 Å². The van der Waals surface area contributed by atoms with Gasteiger partial charge in [0.1, 0.15) is 0 Å². The highest BCUT2D eigenvalue weighted by molar-refractivity contribution is 7.98. The number of benzene rings is 1. The third kappa shape index (κ3) is 5.60. The topological polar surface area (TPSA) is 12.0 Å². The Morgan fingerprint density at radius 2 is 1.94 bits per heavy atom. The van der Waals surface area contributed by atoms with Crippen LogP contribution < -0.4 is 5.32 Å². The molecule has 1 unspecified atom stereocenters. The van der Waals surface area contributed by atoms with Crippen molar-refractivity contribution in [1.29, 1.82) is 0 Å². The molecule has 0 amide bonds. The van der Waals surface area contributed by atoms with Crippen molar-refractivity contribution in [3.05, 3.63) is 35.4 Å². The molecule has 96 valence electrons. The van der Waals surface area contributed by atoms with E-state index in [0.29, 0.717) is 6.04 Å². The second-order valence-corrected chi connectivity index (χ2v) is 5.50. The molecule has 1 aromatic rings. The van der Waals surface area contributed by atoms with Crippen molar-refractivity contribution in [1.82, 2.24) is 5.32 Å². The lowest BCUT2D eigenvalue weighted by Crippen LogP contribution is -2.21. The first-order chi connectivity index (χ1) is 8.27. The molecule has 0 aromatic heterocycles. The molecule has 0 fully saturated rings. The molecule has 1 aromatic carbocycles. The summed E-state index contributed by atoms with van der Waals surface area (Å²) in [5.41, 5.74) is 2.86. The summed E-state index contributed by atoms with van der Waals surface area (Å²) in [7, 11) is 0. The molecule has 0 saturated carbocycles. The largest absolute Gasteiger partial charge is 0.309 e. The van der Waals surface area contributed by atoms with Crippen LogP contribution in [0.3, 0.4) is 0 Å². The van der Waals surface area contributed by atoms with Gasteiger partial charge in [0, 0.05) is 18.3 Å². The van der Waals surface area contributed by atoms with Gasteiger partial charge in [-0.2, -0.15) is 11.8 Å². The van der Waals surface area contributed by atoms with Gasteiger partial charge in [0.2, 0.25) is 0 Å². The number of aryl methyl sites for hydroxylation is 1. The van der Waals surface area contributed by atoms with E-state index in [1.807, 2.05) is 11.8 Å². The van der Waals surface area contributed by atoms with Crippen LogP contribution in [0, 0.1) is 0 Å². The molecule has 0 spiro atoms. The Morgan fingerprint density at radius 1 is 1.24 bits per heavy atom. The third-order valence-electron chi connectivity index (χ3n) is 3.06. The molecule has 0 saturated heterocycles. The van der Waals surface area contributed by atoms with Crippen molar-refractivity contribution in [2.45, 2.75) is 39.2 Å². The van der Waals surface area contributed by atoms with Crippen LogP contribution in [-0.2, 0) is 6.42 Å². The fraction of sp³-hybridized carbons (Fsp3) is 0.600. The quantitative estimate of drug-likeness (QED) is 0.700. The zero-order valence-electron chi connectivity index (χ0n) is 11.3. The van der Waals surface area contributed by atoms with E-state index in [1.54, 1.807) is 0 Å². The summed E-state index contributed by atoms with van der Waals surface area (Å²) < 4.78 is 0. The molecule has 1 nitrogen and oxygen atoms in total. The second-order valence-electron chi connectivity index (χ2n) is 4.51. The second kappa shape index (κ2) is 8.60. The van der Waals surface area contributed by atoms with Gasteiger partial charge in [-0.25, -0.2) is 0 Å². The molecule has 0 bridgehead atoms. The maximum atomic E-state index is 3.54. The van der Waals surface area contributed by atoms with Crippen molar-refractivity contribution in [2.24, 2.45) is 0 Å². The molecule has 0 aliphatic heterocycles. The van der Waals surface area contributed by atoms with E-state index in [0.717, 1.165) is 6.54 Å². The van der Waals surface area contributed by atoms with Gasteiger partial charge in [-0.1, -0.05) is 37.6 Å². The first-order valence-corrected chi connectivity index (χ1v) is 7.98. The number of thioether (sulfide) groups is 1. The lowest BCUT2D eigenvalue weighted by Gasteiger charge is -2.14. The molecule has 2 heteroatoms. The Kier molecular flexibility index (Phi) is 7.38. The predicted molar refractivity (Wildman–Crippen MR) is 79.9 cm³/mol. The van der Waals surface area contributed by atoms with Crippen LogP contribution in [0.15, 0.2) is 24.3 Å². The summed E-state index contributed by atoms with van der Waals surface area (Å²) in [6.07, 6.45) is 5.93. The van der Waals surface area contributed by atoms with Crippen LogP contribution in [0.1, 0.15) is 43.9 Å². The number of hydrogen-bond acceptors (Lipinski definition) is 2. The zero-order valence-corrected chi connectivity index (χ0v) is 12.1. The van der Waals surface area contributed by atoms with E-state index in [1.165, 1.54) is 36.1 Å². The standard InChI is InChI=1S/C15H25NS/c1-4-5-6-14-7-9-15(10-8-14)13(2)16-11-12-17-3/h7-10,13,16H,4-6,11-12H2,1-3H3. The Morgan fingerprint density at radius 3 is 2.53 bits per heavy atom. The molecule has 0 aliphatic carbocycles. The molecule has 0 radical (unpaired) electrons. The molecular weight excluding hydrogens is 226 g/mol. The maximum absolute atomic E-state index is 3.54. The monoisotopic (exact) mass is 251 g/mol. The highest BCUT2D eigenvalue weighted by Crippen LogP contribution is 2.14. The summed E-state index contributed by atoms with van der Waals surface area (Å²) in [5, 5.41) is 3.54. The van der Waals surface area contributed by atoms with E-state index < -0.39 is 0 Å². The van der Waals surface area contributed by atoms with Crippen LogP contribution in [0.5, 0.6) is 0 Å². The molecular formula is C15H25NS. The summed E-state index contributed by atoms with van der Waals surface area (Å²) in [5.74, 6) is 1.18. The van der Waals surface area contributed by atoms with Crippen LogP contribution in [-0.4, -0.2) is 18.6 Å². The zero-order chi connectivity index (χ0) is 12.5. The molecule has 1 N–H and O–H groups in total. The van der Waals surface area contributed by atoms with Crippen molar-refractivity contribution >= 4 is 11.8 Å². The Balaban J connectivity index is 2.43. The average Bonchev–Trinajstić information content (AvgIpc) is 2.37. The SMILES string of the molecule is CCCCc1ccc(C(C)NCCSC)cc1. The summed E-state index contributed by atoms with van der Waals surface area (Å²) in [6, 6.07) is 9.54. The van der Waals surface area contributed by atoms with E-state index in [4.69, 9.17) is 0 Å². The lowest BCUT2D eigenvalue weighted by molar-refractivity contribution is 0.601. The Hall–Kier alpha value is -0.470. The van der Waals surface area contributed by atoms with Gasteiger partial charge < -0.3 is 5.32 Å². The minimum atomic E-state index is 0.461. The first-order valence-electron chi connectivity index (χ1n) is 6.59. The van der Waals surface area contributed by atoms with E-state index in [-0.39, 0.29) is 0 Å². The Bertz CT molecular complexity index is 294. The van der Waals surface area contributed by atoms with Crippen molar-refractivity contribution in [2.75, 3.05) is 18.6 Å². The first kappa shape index (κ1) is 14.6. The molecule has 1 atom stereocenters. The minimum absolute atomic E-state index is 0.461. The predicted octanol–water partition coefficient (Wildman–Crippen LogP) is 4.04. The van der Waals surface area contributed by atoms with E-state index in [9.17, 15) is 0 Å². The number of nitrogens with one attached hydrogen (secondary N) is 1. The van der Waals surface area contributed by atoms with E-state index >= 15 is 0 Å². The highest BCUT2D eigenvalue weighted by atomic mass is 32.2. The van der Waals surface area contributed by atoms with Crippen molar-refractivity contribution < 1.29 is 0 Å². The van der Waals surface area contributed by atoms with E-state index in [2.05, 4.69) is 49.7 Å². The normalized spacial score (nSPS) is 12.6. The number of hydrogen-bond donors (Lipinski definition) is 1. The van der Waals surface area contributed by atoms with Crippen LogP contribution in [0.2, 0.25) is 0 Å². The van der Waals surface area contributed by atoms with Crippen LogP contribution in [0.4, 0.5) is 0 Å². The summed E-state index contributed by atoms with van der Waals surface area (Å²) in [6.45, 7) is 5.56. The van der Waals surface area contributed by atoms with Gasteiger partial charge in [-0.15, -0.1) is 0 Å². The van der Waals surface area contributed by atoms with Crippen molar-refractivity contribution in [3.8, 4) is 0 Å². The van der Waals surface area contributed by atoms with Gasteiger partial charge in [0.15, 0.2) is 0 Å². The fourth-order valence-corrected chi connectivity index (χ4v) is 2.17. The van der Waals surface area contributed by atoms with Gasteiger partial charge in [-0.05, 0) is 37.1 Å². The van der Waals surface area contributed by atoms with Gasteiger partial charge in [-0.3, -0.25) is 0 Å². The van der Waals surface area contributed by atoms with Gasteiger partial charge in [0.25, 0.3) is 0 Å². The third-order valence-corrected chi connectivity index (χ3v) is 3.67. The lowest BCUT2D eigenvalue weighted by atomic mass is 10.0. The Labute approximate surface area is 110 Å². The average molecular weight is 251 g/mol. The highest BCUT2D eigenvalue weighted by Gasteiger charge is 2.03. The maximum Gasteiger partial charge on any atom is 0.0292 e. The molecule has 1 rings (SSSR count). The van der Waals surface area contributed by atoms with Crippen molar-refractivity contribution in [3.63, 3.8) is 0 Å². The summed E-state index contributed by atoms with van der Waals surface area (Å²) in [4.78, 5) is 0. The van der Waals surface area contributed by atoms with Crippen LogP contribution >= 0.6 is 11.8 Å².